The van der Waals surface area contributed by atoms with Crippen molar-refractivity contribution in [3.05, 3.63) is 17.7 Å². The topological polar surface area (TPSA) is 63.2 Å². The van der Waals surface area contributed by atoms with Gasteiger partial charge in [-0.15, -0.1) is 0 Å². The zero-order chi connectivity index (χ0) is 18.2. The first-order valence-electron chi connectivity index (χ1n) is 8.56. The standard InChI is InChI=1S/C19H26O6/c1-19(2)16-12(7-6-8-24-16)17(19)25-18(20)11-9-13(21-3)15(23-5)14(10-11)22-4/h9-10,12,16-17H,6-8H2,1-5H3/t12-,16-,17+/m0/s1. The van der Waals surface area contributed by atoms with Gasteiger partial charge in [-0.3, -0.25) is 0 Å². The van der Waals surface area contributed by atoms with E-state index in [9.17, 15) is 4.79 Å². The molecule has 2 fully saturated rings. The molecule has 0 unspecified atom stereocenters. The van der Waals surface area contributed by atoms with Crippen molar-refractivity contribution in [1.82, 2.24) is 0 Å². The van der Waals surface area contributed by atoms with Crippen LogP contribution >= 0.6 is 0 Å². The van der Waals surface area contributed by atoms with Crippen LogP contribution < -0.4 is 14.2 Å². The molecule has 0 bridgehead atoms. The number of fused-ring (bicyclic) bond motifs is 1. The third-order valence-electron chi connectivity index (χ3n) is 5.36. The molecule has 6 nitrogen and oxygen atoms in total. The number of benzene rings is 1. The molecule has 3 rings (SSSR count). The van der Waals surface area contributed by atoms with Gasteiger partial charge >= 0.3 is 5.97 Å². The van der Waals surface area contributed by atoms with Gasteiger partial charge in [0.1, 0.15) is 6.10 Å². The molecule has 1 saturated carbocycles. The first-order valence-corrected chi connectivity index (χ1v) is 8.56. The van der Waals surface area contributed by atoms with E-state index in [0.29, 0.717) is 22.8 Å². The van der Waals surface area contributed by atoms with Gasteiger partial charge in [-0.1, -0.05) is 13.8 Å². The average molecular weight is 350 g/mol. The molecule has 138 valence electrons. The molecule has 0 spiro atoms. The Balaban J connectivity index is 1.82. The highest BCUT2D eigenvalue weighted by Crippen LogP contribution is 2.53. The molecule has 0 N–H and O–H groups in total. The van der Waals surface area contributed by atoms with E-state index in [0.717, 1.165) is 19.4 Å². The highest BCUT2D eigenvalue weighted by atomic mass is 16.6. The van der Waals surface area contributed by atoms with E-state index in [4.69, 9.17) is 23.7 Å². The Kier molecular flexibility index (Phi) is 4.82. The smallest absolute Gasteiger partial charge is 0.338 e. The van der Waals surface area contributed by atoms with E-state index >= 15 is 0 Å². The summed E-state index contributed by atoms with van der Waals surface area (Å²) < 4.78 is 27.6. The molecule has 1 aliphatic carbocycles. The molecule has 25 heavy (non-hydrogen) atoms. The van der Waals surface area contributed by atoms with Crippen LogP contribution in [0.1, 0.15) is 37.0 Å². The van der Waals surface area contributed by atoms with E-state index in [2.05, 4.69) is 13.8 Å². The van der Waals surface area contributed by atoms with Gasteiger partial charge in [0.2, 0.25) is 5.75 Å². The Morgan fingerprint density at radius 1 is 1.12 bits per heavy atom. The molecule has 6 heteroatoms. The summed E-state index contributed by atoms with van der Waals surface area (Å²) in [7, 11) is 4.56. The molecule has 1 heterocycles. The number of rotatable bonds is 5. The van der Waals surface area contributed by atoms with Crippen molar-refractivity contribution < 1.29 is 28.5 Å². The van der Waals surface area contributed by atoms with Crippen LogP contribution in [0, 0.1) is 11.3 Å². The lowest BCUT2D eigenvalue weighted by Crippen LogP contribution is -2.65. The third kappa shape index (κ3) is 2.92. The number of esters is 1. The highest BCUT2D eigenvalue weighted by molar-refractivity contribution is 5.91. The molecule has 3 atom stereocenters. The summed E-state index contributed by atoms with van der Waals surface area (Å²) in [5.41, 5.74) is 0.201. The van der Waals surface area contributed by atoms with Crippen molar-refractivity contribution in [2.75, 3.05) is 27.9 Å². The third-order valence-corrected chi connectivity index (χ3v) is 5.36. The molecule has 0 radical (unpaired) electrons. The van der Waals surface area contributed by atoms with Gasteiger partial charge in [0, 0.05) is 17.9 Å². The van der Waals surface area contributed by atoms with Crippen molar-refractivity contribution in [3.8, 4) is 17.2 Å². The van der Waals surface area contributed by atoms with Crippen molar-refractivity contribution in [1.29, 1.82) is 0 Å². The van der Waals surface area contributed by atoms with Gasteiger partial charge in [-0.25, -0.2) is 4.79 Å². The number of hydrogen-bond donors (Lipinski definition) is 0. The molecule has 1 aromatic carbocycles. The van der Waals surface area contributed by atoms with Gasteiger partial charge in [0.15, 0.2) is 11.5 Å². The Hall–Kier alpha value is -1.95. The van der Waals surface area contributed by atoms with Gasteiger partial charge in [-0.2, -0.15) is 0 Å². The van der Waals surface area contributed by atoms with Crippen LogP contribution in [0.25, 0.3) is 0 Å². The predicted molar refractivity (Wildman–Crippen MR) is 91.5 cm³/mol. The number of carbonyl (C=O) groups is 1. The summed E-state index contributed by atoms with van der Waals surface area (Å²) in [4.78, 5) is 12.7. The molecular weight excluding hydrogens is 324 g/mol. The molecule has 0 amide bonds. The van der Waals surface area contributed by atoms with Crippen LogP contribution in [0.3, 0.4) is 0 Å². The summed E-state index contributed by atoms with van der Waals surface area (Å²) in [5, 5.41) is 0. The molecule has 1 aromatic rings. The maximum Gasteiger partial charge on any atom is 0.338 e. The lowest BCUT2D eigenvalue weighted by Gasteiger charge is -2.58. The second-order valence-corrected chi connectivity index (χ2v) is 7.16. The zero-order valence-corrected chi connectivity index (χ0v) is 15.5. The Bertz CT molecular complexity index is 628. The van der Waals surface area contributed by atoms with E-state index < -0.39 is 0 Å². The quantitative estimate of drug-likeness (QED) is 0.761. The highest BCUT2D eigenvalue weighted by Gasteiger charge is 2.60. The van der Waals surface area contributed by atoms with E-state index in [1.165, 1.54) is 21.3 Å². The van der Waals surface area contributed by atoms with Crippen LogP contribution in [-0.4, -0.2) is 46.1 Å². The normalized spacial score (nSPS) is 26.8. The van der Waals surface area contributed by atoms with Gasteiger partial charge in [0.25, 0.3) is 0 Å². The summed E-state index contributed by atoms with van der Waals surface area (Å²) in [5.74, 6) is 1.20. The van der Waals surface area contributed by atoms with E-state index in [1.807, 2.05) is 0 Å². The maximum atomic E-state index is 12.7. The Labute approximate surface area is 148 Å². The Morgan fingerprint density at radius 2 is 1.76 bits per heavy atom. The molecule has 2 aliphatic rings. The average Bonchev–Trinajstić information content (AvgIpc) is 2.64. The van der Waals surface area contributed by atoms with E-state index in [-0.39, 0.29) is 29.5 Å². The molecule has 0 aromatic heterocycles. The van der Waals surface area contributed by atoms with Crippen LogP contribution in [0.5, 0.6) is 17.2 Å². The van der Waals surface area contributed by atoms with Crippen molar-refractivity contribution in [2.45, 2.75) is 38.9 Å². The number of hydrogen-bond acceptors (Lipinski definition) is 6. The summed E-state index contributed by atoms with van der Waals surface area (Å²) >= 11 is 0. The van der Waals surface area contributed by atoms with Gasteiger partial charge < -0.3 is 23.7 Å². The monoisotopic (exact) mass is 350 g/mol. The number of carbonyl (C=O) groups excluding carboxylic acids is 1. The van der Waals surface area contributed by atoms with Crippen LogP contribution in [0.2, 0.25) is 0 Å². The molecular formula is C19H26O6. The first kappa shape index (κ1) is 17.9. The fourth-order valence-corrected chi connectivity index (χ4v) is 4.10. The minimum Gasteiger partial charge on any atom is -0.493 e. The lowest BCUT2D eigenvalue weighted by molar-refractivity contribution is -0.243. The van der Waals surface area contributed by atoms with Gasteiger partial charge in [-0.05, 0) is 25.0 Å². The zero-order valence-electron chi connectivity index (χ0n) is 15.5. The largest absolute Gasteiger partial charge is 0.493 e. The summed E-state index contributed by atoms with van der Waals surface area (Å²) in [6.07, 6.45) is 2.06. The first-order chi connectivity index (χ1) is 11.9. The molecule has 1 saturated heterocycles. The second kappa shape index (κ2) is 6.75. The van der Waals surface area contributed by atoms with Crippen LogP contribution in [0.4, 0.5) is 0 Å². The SMILES string of the molecule is COc1cc(C(=O)O[C@@H]2[C@H]3CCCO[C@@H]3C2(C)C)cc(OC)c1OC. The van der Waals surface area contributed by atoms with Crippen LogP contribution in [0.15, 0.2) is 12.1 Å². The predicted octanol–water partition coefficient (Wildman–Crippen LogP) is 3.07. The minimum atomic E-state index is -0.388. The fraction of sp³-hybridized carbons (Fsp3) is 0.632. The number of ether oxygens (including phenoxy) is 5. The molecule has 1 aliphatic heterocycles. The summed E-state index contributed by atoms with van der Waals surface area (Å²) in [6.45, 7) is 4.97. The van der Waals surface area contributed by atoms with Crippen molar-refractivity contribution >= 4 is 5.97 Å². The lowest BCUT2D eigenvalue weighted by atomic mass is 9.57. The minimum absolute atomic E-state index is 0.149. The van der Waals surface area contributed by atoms with Crippen molar-refractivity contribution in [2.24, 2.45) is 11.3 Å². The van der Waals surface area contributed by atoms with Gasteiger partial charge in [0.05, 0.1) is 33.0 Å². The van der Waals surface area contributed by atoms with E-state index in [1.54, 1.807) is 12.1 Å². The second-order valence-electron chi connectivity index (χ2n) is 7.16. The summed E-state index contributed by atoms with van der Waals surface area (Å²) in [6, 6.07) is 3.23. The maximum absolute atomic E-state index is 12.7. The fourth-order valence-electron chi connectivity index (χ4n) is 4.10. The van der Waals surface area contributed by atoms with Crippen LogP contribution in [-0.2, 0) is 9.47 Å². The number of methoxy groups -OCH3 is 3. The Morgan fingerprint density at radius 3 is 2.32 bits per heavy atom. The van der Waals surface area contributed by atoms with Crippen molar-refractivity contribution in [3.63, 3.8) is 0 Å².